The molecule has 2 atom stereocenters. The molecule has 206 valence electrons. The van der Waals surface area contributed by atoms with Crippen LogP contribution in [0.5, 0.6) is 5.75 Å². The minimum Gasteiger partial charge on any atom is -0.460 e. The number of amides is 1. The highest BCUT2D eigenvalue weighted by Crippen LogP contribution is 2.52. The Bertz CT molecular complexity index is 1300. The second-order valence-electron chi connectivity index (χ2n) is 10.1. The summed E-state index contributed by atoms with van der Waals surface area (Å²) < 4.78 is 47.5. The van der Waals surface area contributed by atoms with Gasteiger partial charge in [0.1, 0.15) is 23.9 Å². The first kappa shape index (κ1) is 26.7. The number of hydrogen-bond acceptors (Lipinski definition) is 6. The van der Waals surface area contributed by atoms with Crippen molar-refractivity contribution in [3.63, 3.8) is 0 Å². The number of aromatic nitrogens is 2. The first-order valence-corrected chi connectivity index (χ1v) is 12.7. The van der Waals surface area contributed by atoms with E-state index in [1.807, 2.05) is 30.3 Å². The third-order valence-corrected chi connectivity index (χ3v) is 7.20. The first-order valence-electron chi connectivity index (χ1n) is 12.7. The molecule has 1 N–H and O–H groups in total. The largest absolute Gasteiger partial charge is 0.573 e. The van der Waals surface area contributed by atoms with Crippen LogP contribution in [0, 0.1) is 24.7 Å². The van der Waals surface area contributed by atoms with Gasteiger partial charge in [0.15, 0.2) is 0 Å². The predicted molar refractivity (Wildman–Crippen MR) is 134 cm³/mol. The Balaban J connectivity index is 1.18. The Hall–Kier alpha value is -3.86. The summed E-state index contributed by atoms with van der Waals surface area (Å²) >= 11 is 0. The van der Waals surface area contributed by atoms with Gasteiger partial charge in [-0.3, -0.25) is 14.5 Å². The molecule has 1 saturated carbocycles. The monoisotopic (exact) mass is 542 g/mol. The average Bonchev–Trinajstić information content (AvgIpc) is 3.20. The molecule has 1 aliphatic carbocycles. The number of benzene rings is 2. The summed E-state index contributed by atoms with van der Waals surface area (Å²) in [6, 6.07) is 15.2. The number of H-pyrrole nitrogens is 1. The van der Waals surface area contributed by atoms with Crippen molar-refractivity contribution in [3.8, 4) is 5.75 Å². The van der Waals surface area contributed by atoms with Crippen LogP contribution in [0.15, 0.2) is 60.8 Å². The number of hydrogen-bond donors (Lipinski definition) is 1. The number of carbonyl (C=O) groups excluding carboxylic acids is 2. The van der Waals surface area contributed by atoms with Crippen LogP contribution in [0.4, 0.5) is 13.2 Å². The van der Waals surface area contributed by atoms with Gasteiger partial charge >= 0.3 is 12.3 Å². The zero-order valence-electron chi connectivity index (χ0n) is 21.4. The molecule has 0 radical (unpaired) electrons. The first-order chi connectivity index (χ1) is 18.6. The molecule has 3 aromatic rings. The Kier molecular flexibility index (Phi) is 7.60. The summed E-state index contributed by atoms with van der Waals surface area (Å²) in [6.07, 6.45) is -3.34. The van der Waals surface area contributed by atoms with E-state index >= 15 is 0 Å². The SMILES string of the molecule is Cc1ncc(C(=O)N(Cc2cccc(OC(F)(F)F)c2)CC2C3CN(CC(=O)OCc4ccccc4)CC32)[nH]1. The quantitative estimate of drug-likeness (QED) is 0.387. The summed E-state index contributed by atoms with van der Waals surface area (Å²) in [5, 5.41) is 0. The third kappa shape index (κ3) is 6.97. The zero-order chi connectivity index (χ0) is 27.6. The number of piperidine rings is 1. The highest BCUT2D eigenvalue weighted by Gasteiger charge is 2.56. The van der Waals surface area contributed by atoms with Crippen molar-refractivity contribution in [2.24, 2.45) is 17.8 Å². The van der Waals surface area contributed by atoms with Gasteiger partial charge < -0.3 is 19.4 Å². The lowest BCUT2D eigenvalue weighted by Crippen LogP contribution is -2.36. The summed E-state index contributed by atoms with van der Waals surface area (Å²) in [5.41, 5.74) is 1.78. The Morgan fingerprint density at radius 2 is 1.79 bits per heavy atom. The smallest absolute Gasteiger partial charge is 0.460 e. The van der Waals surface area contributed by atoms with Crippen LogP contribution in [0.25, 0.3) is 0 Å². The van der Waals surface area contributed by atoms with Crippen LogP contribution in [0.2, 0.25) is 0 Å². The number of esters is 1. The Morgan fingerprint density at radius 3 is 2.46 bits per heavy atom. The van der Waals surface area contributed by atoms with E-state index in [2.05, 4.69) is 19.6 Å². The van der Waals surface area contributed by atoms with E-state index in [1.165, 1.54) is 24.4 Å². The van der Waals surface area contributed by atoms with Gasteiger partial charge in [-0.05, 0) is 47.9 Å². The highest BCUT2D eigenvalue weighted by molar-refractivity contribution is 5.92. The summed E-state index contributed by atoms with van der Waals surface area (Å²) in [6.45, 7) is 4.23. The molecule has 1 aliphatic heterocycles. The number of imidazole rings is 1. The number of halogens is 3. The van der Waals surface area contributed by atoms with E-state index in [0.29, 0.717) is 35.5 Å². The lowest BCUT2D eigenvalue weighted by Gasteiger charge is -2.25. The number of likely N-dealkylation sites (tertiary alicyclic amines) is 1. The molecule has 1 amide bonds. The van der Waals surface area contributed by atoms with E-state index in [1.54, 1.807) is 17.9 Å². The maximum atomic E-state index is 13.3. The molecule has 2 fully saturated rings. The molecular formula is C28H29F3N4O4. The van der Waals surface area contributed by atoms with Crippen molar-refractivity contribution >= 4 is 11.9 Å². The molecule has 1 aromatic heterocycles. The summed E-state index contributed by atoms with van der Waals surface area (Å²) in [7, 11) is 0. The van der Waals surface area contributed by atoms with Crippen molar-refractivity contribution < 1.29 is 32.2 Å². The van der Waals surface area contributed by atoms with Crippen LogP contribution < -0.4 is 4.74 Å². The number of alkyl halides is 3. The topological polar surface area (TPSA) is 87.8 Å². The maximum Gasteiger partial charge on any atom is 0.573 e. The number of ether oxygens (including phenoxy) is 2. The molecule has 0 spiro atoms. The van der Waals surface area contributed by atoms with E-state index in [0.717, 1.165) is 18.7 Å². The van der Waals surface area contributed by atoms with Gasteiger partial charge in [-0.25, -0.2) is 4.98 Å². The number of aromatic amines is 1. The van der Waals surface area contributed by atoms with Crippen LogP contribution in [0.3, 0.4) is 0 Å². The molecule has 39 heavy (non-hydrogen) atoms. The zero-order valence-corrected chi connectivity index (χ0v) is 21.4. The maximum absolute atomic E-state index is 13.3. The number of nitrogens with one attached hydrogen (secondary N) is 1. The fourth-order valence-electron chi connectivity index (χ4n) is 5.34. The third-order valence-electron chi connectivity index (χ3n) is 7.20. The van der Waals surface area contributed by atoms with Crippen LogP contribution >= 0.6 is 0 Å². The molecule has 2 unspecified atom stereocenters. The number of fused-ring (bicyclic) bond motifs is 1. The fourth-order valence-corrected chi connectivity index (χ4v) is 5.34. The average molecular weight is 543 g/mol. The molecule has 2 aromatic carbocycles. The van der Waals surface area contributed by atoms with Gasteiger partial charge in [-0.2, -0.15) is 0 Å². The van der Waals surface area contributed by atoms with Gasteiger partial charge in [-0.1, -0.05) is 42.5 Å². The van der Waals surface area contributed by atoms with Gasteiger partial charge in [0.25, 0.3) is 5.91 Å². The standard InChI is InChI=1S/C28H29F3N4O4/c1-18-32-11-25(33-18)27(37)35(12-20-8-5-9-21(10-20)39-28(29,30)31)15-24-22-13-34(14-23(22)24)16-26(36)38-17-19-6-3-2-4-7-19/h2-11,22-24H,12-17H2,1H3,(H,32,33). The number of nitrogens with zero attached hydrogens (tertiary/aromatic N) is 3. The predicted octanol–water partition coefficient (Wildman–Crippen LogP) is 4.18. The van der Waals surface area contributed by atoms with Gasteiger partial charge in [0.05, 0.1) is 12.7 Å². The van der Waals surface area contributed by atoms with Crippen LogP contribution in [0.1, 0.15) is 27.4 Å². The molecule has 2 aliphatic rings. The highest BCUT2D eigenvalue weighted by atomic mass is 19.4. The summed E-state index contributed by atoms with van der Waals surface area (Å²) in [5.74, 6) is 0.633. The van der Waals surface area contributed by atoms with Crippen molar-refractivity contribution in [2.75, 3.05) is 26.2 Å². The number of aryl methyl sites for hydroxylation is 1. The lowest BCUT2D eigenvalue weighted by molar-refractivity contribution is -0.274. The van der Waals surface area contributed by atoms with Crippen LogP contribution in [-0.4, -0.2) is 64.2 Å². The van der Waals surface area contributed by atoms with Gasteiger partial charge in [0.2, 0.25) is 0 Å². The second-order valence-corrected chi connectivity index (χ2v) is 10.1. The van der Waals surface area contributed by atoms with Crippen molar-refractivity contribution in [1.29, 1.82) is 0 Å². The van der Waals surface area contributed by atoms with Crippen molar-refractivity contribution in [1.82, 2.24) is 19.8 Å². The lowest BCUT2D eigenvalue weighted by atomic mass is 10.1. The molecule has 1 saturated heterocycles. The van der Waals surface area contributed by atoms with Crippen molar-refractivity contribution in [2.45, 2.75) is 26.4 Å². The van der Waals surface area contributed by atoms with E-state index in [9.17, 15) is 22.8 Å². The van der Waals surface area contributed by atoms with E-state index in [4.69, 9.17) is 4.74 Å². The molecule has 11 heteroatoms. The minimum absolute atomic E-state index is 0.122. The minimum atomic E-state index is -4.80. The van der Waals surface area contributed by atoms with Crippen molar-refractivity contribution in [3.05, 3.63) is 83.4 Å². The Labute approximate surface area is 223 Å². The van der Waals surface area contributed by atoms with Gasteiger partial charge in [0, 0.05) is 26.2 Å². The summed E-state index contributed by atoms with van der Waals surface area (Å²) in [4.78, 5) is 36.4. The molecule has 5 rings (SSSR count). The second kappa shape index (κ2) is 11.1. The number of carbonyl (C=O) groups is 2. The van der Waals surface area contributed by atoms with E-state index in [-0.39, 0.29) is 43.2 Å². The molecule has 0 bridgehead atoms. The molecule has 2 heterocycles. The normalized spacial score (nSPS) is 20.4. The number of rotatable bonds is 10. The Morgan fingerprint density at radius 1 is 1.08 bits per heavy atom. The van der Waals surface area contributed by atoms with Crippen LogP contribution in [-0.2, 0) is 22.7 Å². The van der Waals surface area contributed by atoms with Gasteiger partial charge in [-0.15, -0.1) is 13.2 Å². The fraction of sp³-hybridized carbons (Fsp3) is 0.393. The molecule has 8 nitrogen and oxygen atoms in total. The molecular weight excluding hydrogens is 513 g/mol. The van der Waals surface area contributed by atoms with E-state index < -0.39 is 6.36 Å².